The van der Waals surface area contributed by atoms with Gasteiger partial charge >= 0.3 is 0 Å². The summed E-state index contributed by atoms with van der Waals surface area (Å²) in [7, 11) is 0. The third kappa shape index (κ3) is 2.21. The van der Waals surface area contributed by atoms with Gasteiger partial charge in [0.1, 0.15) is 0 Å². The SMILES string of the molecule is CC1CNC2(CCCCC2C(C)(C)C)S1. The zero-order valence-electron chi connectivity index (χ0n) is 10.6. The van der Waals surface area contributed by atoms with Crippen molar-refractivity contribution in [1.29, 1.82) is 0 Å². The maximum Gasteiger partial charge on any atom is 0.0682 e. The monoisotopic (exact) mass is 227 g/mol. The summed E-state index contributed by atoms with van der Waals surface area (Å²) in [5, 5.41) is 4.64. The second-order valence-corrected chi connectivity index (χ2v) is 8.13. The summed E-state index contributed by atoms with van der Waals surface area (Å²) in [4.78, 5) is 0.413. The largest absolute Gasteiger partial charge is 0.301 e. The van der Waals surface area contributed by atoms with Crippen LogP contribution in [0, 0.1) is 11.3 Å². The van der Waals surface area contributed by atoms with E-state index in [0.717, 1.165) is 11.2 Å². The summed E-state index contributed by atoms with van der Waals surface area (Å²) in [5.74, 6) is 0.841. The molecule has 1 N–H and O–H groups in total. The van der Waals surface area contributed by atoms with Crippen LogP contribution >= 0.6 is 11.8 Å². The molecule has 1 saturated carbocycles. The molecule has 1 heterocycles. The van der Waals surface area contributed by atoms with Crippen LogP contribution in [0.2, 0.25) is 0 Å². The van der Waals surface area contributed by atoms with Gasteiger partial charge in [0.2, 0.25) is 0 Å². The van der Waals surface area contributed by atoms with Gasteiger partial charge in [-0.1, -0.05) is 40.5 Å². The first-order valence-corrected chi connectivity index (χ1v) is 7.25. The smallest absolute Gasteiger partial charge is 0.0682 e. The quantitative estimate of drug-likeness (QED) is 0.678. The maximum absolute atomic E-state index is 3.84. The summed E-state index contributed by atoms with van der Waals surface area (Å²) >= 11 is 2.21. The molecule has 0 amide bonds. The lowest BCUT2D eigenvalue weighted by Gasteiger charge is -2.47. The molecule has 0 radical (unpaired) electrons. The van der Waals surface area contributed by atoms with E-state index in [1.165, 1.54) is 32.2 Å². The number of nitrogens with one attached hydrogen (secondary N) is 1. The number of rotatable bonds is 0. The van der Waals surface area contributed by atoms with Crippen molar-refractivity contribution in [3.8, 4) is 0 Å². The molecule has 0 bridgehead atoms. The lowest BCUT2D eigenvalue weighted by Crippen LogP contribution is -2.51. The Morgan fingerprint density at radius 3 is 2.53 bits per heavy atom. The minimum Gasteiger partial charge on any atom is -0.301 e. The van der Waals surface area contributed by atoms with E-state index in [4.69, 9.17) is 0 Å². The standard InChI is InChI=1S/C13H25NS/c1-10-9-14-13(15-10)8-6-5-7-11(13)12(2,3)4/h10-11,14H,5-9H2,1-4H3. The maximum atomic E-state index is 3.84. The van der Waals surface area contributed by atoms with E-state index in [-0.39, 0.29) is 0 Å². The highest BCUT2D eigenvalue weighted by Gasteiger charge is 2.49. The Balaban J connectivity index is 2.19. The van der Waals surface area contributed by atoms with Crippen molar-refractivity contribution in [2.24, 2.45) is 11.3 Å². The Labute approximate surface area is 98.8 Å². The van der Waals surface area contributed by atoms with Gasteiger partial charge in [0.25, 0.3) is 0 Å². The van der Waals surface area contributed by atoms with E-state index >= 15 is 0 Å². The van der Waals surface area contributed by atoms with Crippen molar-refractivity contribution in [2.75, 3.05) is 6.54 Å². The Kier molecular flexibility index (Phi) is 3.11. The highest BCUT2D eigenvalue weighted by atomic mass is 32.2. The average Bonchev–Trinajstić information content (AvgIpc) is 2.47. The molecule has 2 fully saturated rings. The number of hydrogen-bond donors (Lipinski definition) is 1. The van der Waals surface area contributed by atoms with Crippen molar-refractivity contribution < 1.29 is 0 Å². The highest BCUT2D eigenvalue weighted by Crippen LogP contribution is 2.53. The van der Waals surface area contributed by atoms with Crippen LogP contribution in [0.25, 0.3) is 0 Å². The lowest BCUT2D eigenvalue weighted by molar-refractivity contribution is 0.116. The Morgan fingerprint density at radius 2 is 2.00 bits per heavy atom. The summed E-state index contributed by atoms with van der Waals surface area (Å²) in [5.41, 5.74) is 0.449. The van der Waals surface area contributed by atoms with E-state index in [0.29, 0.717) is 10.3 Å². The highest BCUT2D eigenvalue weighted by molar-refractivity contribution is 8.01. The first-order chi connectivity index (χ1) is 6.94. The molecule has 1 aliphatic carbocycles. The molecule has 2 heteroatoms. The molecule has 3 unspecified atom stereocenters. The number of thioether (sulfide) groups is 1. The van der Waals surface area contributed by atoms with E-state index in [2.05, 4.69) is 44.8 Å². The van der Waals surface area contributed by atoms with Gasteiger partial charge in [-0.3, -0.25) is 0 Å². The van der Waals surface area contributed by atoms with Crippen LogP contribution in [0.5, 0.6) is 0 Å². The first-order valence-electron chi connectivity index (χ1n) is 6.37. The van der Waals surface area contributed by atoms with E-state index in [1.54, 1.807) is 0 Å². The van der Waals surface area contributed by atoms with Gasteiger partial charge in [0.15, 0.2) is 0 Å². The number of hydrogen-bond acceptors (Lipinski definition) is 2. The summed E-state index contributed by atoms with van der Waals surface area (Å²) in [6.45, 7) is 10.8. The van der Waals surface area contributed by atoms with Crippen LogP contribution < -0.4 is 5.32 Å². The molecule has 1 aliphatic heterocycles. The van der Waals surface area contributed by atoms with Crippen molar-refractivity contribution in [3.05, 3.63) is 0 Å². The Bertz CT molecular complexity index is 229. The van der Waals surface area contributed by atoms with Crippen LogP contribution in [-0.4, -0.2) is 16.7 Å². The minimum absolute atomic E-state index is 0.413. The van der Waals surface area contributed by atoms with Crippen LogP contribution in [0.1, 0.15) is 53.4 Å². The molecule has 3 atom stereocenters. The zero-order chi connectivity index (χ0) is 11.1. The average molecular weight is 227 g/mol. The van der Waals surface area contributed by atoms with E-state index in [9.17, 15) is 0 Å². The zero-order valence-corrected chi connectivity index (χ0v) is 11.4. The molecule has 15 heavy (non-hydrogen) atoms. The fraction of sp³-hybridized carbons (Fsp3) is 1.00. The van der Waals surface area contributed by atoms with Crippen molar-refractivity contribution in [1.82, 2.24) is 5.32 Å². The van der Waals surface area contributed by atoms with Crippen molar-refractivity contribution >= 4 is 11.8 Å². The van der Waals surface area contributed by atoms with Gasteiger partial charge in [0, 0.05) is 11.8 Å². The third-order valence-electron chi connectivity index (χ3n) is 4.00. The second kappa shape index (κ2) is 3.96. The van der Waals surface area contributed by atoms with Gasteiger partial charge in [-0.25, -0.2) is 0 Å². The first kappa shape index (κ1) is 11.8. The molecule has 2 rings (SSSR count). The van der Waals surface area contributed by atoms with Gasteiger partial charge in [-0.15, -0.1) is 11.8 Å². The van der Waals surface area contributed by atoms with E-state index < -0.39 is 0 Å². The van der Waals surface area contributed by atoms with E-state index in [1.807, 2.05) is 0 Å². The van der Waals surface area contributed by atoms with Crippen LogP contribution in [0.4, 0.5) is 0 Å². The van der Waals surface area contributed by atoms with Gasteiger partial charge < -0.3 is 5.32 Å². The second-order valence-electron chi connectivity index (χ2n) is 6.36. The predicted molar refractivity (Wildman–Crippen MR) is 69.2 cm³/mol. The minimum atomic E-state index is 0.413. The van der Waals surface area contributed by atoms with Crippen LogP contribution in [0.15, 0.2) is 0 Å². The predicted octanol–water partition coefficient (Wildman–Crippen LogP) is 3.64. The molecule has 0 aromatic carbocycles. The van der Waals surface area contributed by atoms with Crippen LogP contribution in [-0.2, 0) is 0 Å². The third-order valence-corrected chi connectivity index (χ3v) is 5.62. The molecular formula is C13H25NS. The topological polar surface area (TPSA) is 12.0 Å². The molecule has 0 aromatic heterocycles. The summed E-state index contributed by atoms with van der Waals surface area (Å²) in [6, 6.07) is 0. The van der Waals surface area contributed by atoms with Crippen LogP contribution in [0.3, 0.4) is 0 Å². The van der Waals surface area contributed by atoms with Gasteiger partial charge in [0.05, 0.1) is 4.87 Å². The molecule has 1 spiro atoms. The van der Waals surface area contributed by atoms with Crippen molar-refractivity contribution in [2.45, 2.75) is 63.5 Å². The Morgan fingerprint density at radius 1 is 1.27 bits per heavy atom. The van der Waals surface area contributed by atoms with Gasteiger partial charge in [-0.05, 0) is 24.2 Å². The fourth-order valence-electron chi connectivity index (χ4n) is 3.39. The fourth-order valence-corrected chi connectivity index (χ4v) is 5.34. The molecule has 2 aliphatic rings. The molecular weight excluding hydrogens is 202 g/mol. The normalized spacial score (nSPS) is 42.4. The Hall–Kier alpha value is 0.310. The van der Waals surface area contributed by atoms with Crippen molar-refractivity contribution in [3.63, 3.8) is 0 Å². The molecule has 88 valence electrons. The van der Waals surface area contributed by atoms with Gasteiger partial charge in [-0.2, -0.15) is 0 Å². The molecule has 1 saturated heterocycles. The lowest BCUT2D eigenvalue weighted by atomic mass is 9.69. The summed E-state index contributed by atoms with van der Waals surface area (Å²) < 4.78 is 0. The molecule has 1 nitrogen and oxygen atoms in total. The molecule has 0 aromatic rings. The summed E-state index contributed by atoms with van der Waals surface area (Å²) in [6.07, 6.45) is 5.64.